The fourth-order valence-electron chi connectivity index (χ4n) is 2.88. The third-order valence-electron chi connectivity index (χ3n) is 4.25. The number of rotatable bonds is 5. The summed E-state index contributed by atoms with van der Waals surface area (Å²) in [7, 11) is 1.34. The Morgan fingerprint density at radius 2 is 2.00 bits per heavy atom. The number of phenolic OH excluding ortho intramolecular Hbond substituents is 2. The van der Waals surface area contributed by atoms with Gasteiger partial charge in [-0.3, -0.25) is 0 Å². The van der Waals surface area contributed by atoms with E-state index in [0.29, 0.717) is 5.56 Å². The Morgan fingerprint density at radius 1 is 1.30 bits per heavy atom. The number of esters is 1. The van der Waals surface area contributed by atoms with Gasteiger partial charge in [0.2, 0.25) is 0 Å². The van der Waals surface area contributed by atoms with Gasteiger partial charge < -0.3 is 0 Å². The third kappa shape index (κ3) is 5.09. The van der Waals surface area contributed by atoms with Gasteiger partial charge >= 0.3 is 166 Å². The van der Waals surface area contributed by atoms with Crippen molar-refractivity contribution in [2.24, 2.45) is 0 Å². The van der Waals surface area contributed by atoms with E-state index >= 15 is 0 Å². The fourth-order valence-corrected chi connectivity index (χ4v) is 4.27. The van der Waals surface area contributed by atoms with E-state index in [-0.39, 0.29) is 24.3 Å². The Bertz CT molecular complexity index is 740. The molecule has 0 heterocycles. The van der Waals surface area contributed by atoms with Gasteiger partial charge in [0.05, 0.1) is 0 Å². The van der Waals surface area contributed by atoms with Crippen molar-refractivity contribution in [3.8, 4) is 11.5 Å². The number of hydrogen-bond donors (Lipinski definition) is 6. The van der Waals surface area contributed by atoms with Crippen molar-refractivity contribution < 1.29 is 59.8 Å². The number of nitrogens with one attached hydrogen (secondary N) is 1. The first kappa shape index (κ1) is 21.4. The normalized spacial score (nSPS) is 28.2. The quantitative estimate of drug-likeness (QED) is 0.0796. The van der Waals surface area contributed by atoms with Crippen LogP contribution in [0.4, 0.5) is 0 Å². The van der Waals surface area contributed by atoms with Crippen LogP contribution in [0.5, 0.6) is 11.5 Å². The Morgan fingerprint density at radius 3 is 2.59 bits per heavy atom. The van der Waals surface area contributed by atoms with Crippen molar-refractivity contribution in [2.75, 3.05) is 7.05 Å². The molecule has 1 fully saturated rings. The molecular weight excluding hydrogens is 473 g/mol. The van der Waals surface area contributed by atoms with Gasteiger partial charge in [-0.1, -0.05) is 0 Å². The molecule has 27 heavy (non-hydrogen) atoms. The maximum absolute atomic E-state index is 12.1. The zero-order valence-corrected chi connectivity index (χ0v) is 16.5. The number of carbonyl (C=O) groups excluding carboxylic acids is 2. The second-order valence-corrected chi connectivity index (χ2v) is 8.18. The standard InChI is InChI=1S/C17H21INO8/c1-19-16(24)17(25)7-12(22)15(18-26)13(8-17)27-14(23)5-3-9-2-4-10(20)11(21)6-9/h2-6,12-13,15,20-22,25-26H,7-8H2,1H3,(H,19,24)/q-1/b5-3+/t12?,13-,15?,17?/m1/s1. The monoisotopic (exact) mass is 494 g/mol. The molecule has 1 amide bonds. The number of halogens is 1. The summed E-state index contributed by atoms with van der Waals surface area (Å²) in [6, 6.07) is 3.97. The summed E-state index contributed by atoms with van der Waals surface area (Å²) in [6.07, 6.45) is -0.302. The number of phenols is 2. The first-order valence-electron chi connectivity index (χ1n) is 8.00. The molecule has 0 aromatic heterocycles. The average Bonchev–Trinajstić information content (AvgIpc) is 2.61. The number of alkyl halides is 1. The fraction of sp³-hybridized carbons (Fsp3) is 0.412. The Hall–Kier alpha value is -1.89. The van der Waals surface area contributed by atoms with Crippen molar-refractivity contribution >= 4 is 18.0 Å². The van der Waals surface area contributed by atoms with E-state index in [1.165, 1.54) is 31.3 Å². The van der Waals surface area contributed by atoms with Crippen LogP contribution in [-0.4, -0.2) is 64.5 Å². The van der Waals surface area contributed by atoms with E-state index < -0.39 is 55.2 Å². The minimum absolute atomic E-state index is 0.242. The van der Waals surface area contributed by atoms with Crippen molar-refractivity contribution in [3.63, 3.8) is 0 Å². The molecule has 1 saturated carbocycles. The molecule has 10 heteroatoms. The zero-order valence-electron chi connectivity index (χ0n) is 14.4. The van der Waals surface area contributed by atoms with E-state index in [2.05, 4.69) is 5.32 Å². The number of aliphatic hydroxyl groups is 2. The van der Waals surface area contributed by atoms with E-state index in [9.17, 15) is 33.5 Å². The number of aromatic hydroxyl groups is 2. The van der Waals surface area contributed by atoms with E-state index in [4.69, 9.17) is 4.74 Å². The summed E-state index contributed by atoms with van der Waals surface area (Å²) in [5.41, 5.74) is -1.47. The summed E-state index contributed by atoms with van der Waals surface area (Å²) >= 11 is -1.51. The molecule has 6 N–H and O–H groups in total. The first-order valence-corrected chi connectivity index (χ1v) is 10.2. The molecule has 0 radical (unpaired) electrons. The van der Waals surface area contributed by atoms with Crippen LogP contribution in [0.1, 0.15) is 18.4 Å². The van der Waals surface area contributed by atoms with E-state index in [0.717, 1.165) is 6.08 Å². The molecule has 0 aliphatic heterocycles. The van der Waals surface area contributed by atoms with Gasteiger partial charge in [-0.15, -0.1) is 0 Å². The summed E-state index contributed by atoms with van der Waals surface area (Å²) < 4.78 is 14.1. The van der Waals surface area contributed by atoms with Gasteiger partial charge in [-0.25, -0.2) is 0 Å². The Balaban J connectivity index is 2.11. The van der Waals surface area contributed by atoms with Gasteiger partial charge in [-0.2, -0.15) is 0 Å². The molecule has 1 aromatic carbocycles. The zero-order chi connectivity index (χ0) is 20.2. The van der Waals surface area contributed by atoms with Crippen LogP contribution in [0.25, 0.3) is 6.08 Å². The van der Waals surface area contributed by atoms with Crippen LogP contribution in [0, 0.1) is 0 Å². The number of benzene rings is 1. The molecule has 0 saturated heterocycles. The predicted octanol–water partition coefficient (Wildman–Crippen LogP) is -3.98. The Kier molecular flexibility index (Phi) is 7.03. The van der Waals surface area contributed by atoms with E-state index in [1.54, 1.807) is 0 Å². The summed E-state index contributed by atoms with van der Waals surface area (Å²) in [6.45, 7) is 0. The van der Waals surface area contributed by atoms with Gasteiger partial charge in [0.25, 0.3) is 0 Å². The van der Waals surface area contributed by atoms with Gasteiger partial charge in [0.1, 0.15) is 0 Å². The second kappa shape index (κ2) is 8.87. The van der Waals surface area contributed by atoms with Crippen molar-refractivity contribution in [1.82, 2.24) is 5.32 Å². The third-order valence-corrected chi connectivity index (χ3v) is 6.53. The van der Waals surface area contributed by atoms with Crippen LogP contribution in [0.15, 0.2) is 24.3 Å². The topological polar surface area (TPSA) is 157 Å². The number of amides is 1. The summed E-state index contributed by atoms with van der Waals surface area (Å²) in [5.74, 6) is -2.15. The van der Waals surface area contributed by atoms with Crippen LogP contribution >= 0.6 is 0 Å². The number of carbonyl (C=O) groups is 2. The molecule has 1 aliphatic carbocycles. The van der Waals surface area contributed by atoms with Gasteiger partial charge in [0.15, 0.2) is 0 Å². The second-order valence-electron chi connectivity index (χ2n) is 6.19. The molecular formula is C17H21INO8-. The average molecular weight is 494 g/mol. The molecule has 0 spiro atoms. The summed E-state index contributed by atoms with van der Waals surface area (Å²) in [4.78, 5) is 24.0. The number of likely N-dealkylation sites (N-methyl/N-ethyl adjacent to an activating group) is 1. The molecule has 1 aromatic rings. The van der Waals surface area contributed by atoms with Crippen LogP contribution in [0.3, 0.4) is 0 Å². The van der Waals surface area contributed by atoms with Gasteiger partial charge in [0, 0.05) is 0 Å². The first-order chi connectivity index (χ1) is 12.7. The number of aliphatic hydroxyl groups excluding tert-OH is 1. The van der Waals surface area contributed by atoms with Crippen LogP contribution in [0.2, 0.25) is 0 Å². The van der Waals surface area contributed by atoms with Gasteiger partial charge in [-0.05, 0) is 0 Å². The number of hydrogen-bond acceptors (Lipinski definition) is 8. The van der Waals surface area contributed by atoms with Crippen LogP contribution < -0.4 is 26.9 Å². The SMILES string of the molecule is CNC(=O)C1(O)CC(O)C([I-]O)[C@H](OC(=O)/C=C/c2ccc(O)c(O)c2)C1. The molecule has 9 nitrogen and oxygen atoms in total. The molecule has 4 atom stereocenters. The number of ether oxygens (including phenoxy) is 1. The summed E-state index contributed by atoms with van der Waals surface area (Å²) in [5, 5.41) is 41.6. The van der Waals surface area contributed by atoms with Crippen molar-refractivity contribution in [1.29, 1.82) is 0 Å². The molecule has 0 bridgehead atoms. The molecule has 150 valence electrons. The van der Waals surface area contributed by atoms with Crippen LogP contribution in [-0.2, 0) is 14.3 Å². The Labute approximate surface area is 166 Å². The molecule has 2 rings (SSSR count). The van der Waals surface area contributed by atoms with Crippen molar-refractivity contribution in [2.45, 2.75) is 34.6 Å². The molecule has 3 unspecified atom stereocenters. The minimum atomic E-state index is -1.90. The predicted molar refractivity (Wildman–Crippen MR) is 88.9 cm³/mol. The van der Waals surface area contributed by atoms with Crippen molar-refractivity contribution in [3.05, 3.63) is 29.8 Å². The maximum atomic E-state index is 12.1. The molecule has 1 aliphatic rings. The van der Waals surface area contributed by atoms with E-state index in [1.807, 2.05) is 0 Å².